The second-order valence-corrected chi connectivity index (χ2v) is 14.1. The molecule has 0 aliphatic carbocycles. The van der Waals surface area contributed by atoms with Crippen molar-refractivity contribution >= 4 is 29.9 Å². The number of amides is 1. The summed E-state index contributed by atoms with van der Waals surface area (Å²) >= 11 is 0. The molecular weight excluding hydrogens is 683 g/mol. The minimum atomic E-state index is -5.47. The summed E-state index contributed by atoms with van der Waals surface area (Å²) in [7, 11) is -8.04. The highest BCUT2D eigenvalue weighted by molar-refractivity contribution is 7.89. The van der Waals surface area contributed by atoms with Crippen LogP contribution < -0.4 is 16.4 Å². The van der Waals surface area contributed by atoms with E-state index < -0.39 is 72.3 Å². The first-order valence-electron chi connectivity index (χ1n) is 14.1. The smallest absolute Gasteiger partial charge is 0.427 e. The van der Waals surface area contributed by atoms with Crippen LogP contribution in [-0.4, -0.2) is 110 Å². The van der Waals surface area contributed by atoms with E-state index in [9.17, 15) is 45.0 Å². The maximum Gasteiger partial charge on any atom is 0.427 e. The van der Waals surface area contributed by atoms with Crippen molar-refractivity contribution in [3.05, 3.63) is 30.1 Å². The number of hydrogen-bond donors (Lipinski definition) is 4. The summed E-state index contributed by atoms with van der Waals surface area (Å²) in [5, 5.41) is 8.40. The highest BCUT2D eigenvalue weighted by Crippen LogP contribution is 2.39. The van der Waals surface area contributed by atoms with E-state index in [-0.39, 0.29) is 51.3 Å². The van der Waals surface area contributed by atoms with E-state index in [1.54, 1.807) is 0 Å². The Balaban J connectivity index is 0.000000869. The molecule has 2 heterocycles. The third-order valence-corrected chi connectivity index (χ3v) is 9.93. The fourth-order valence-electron chi connectivity index (χ4n) is 4.71. The van der Waals surface area contributed by atoms with Crippen molar-refractivity contribution in [3.63, 3.8) is 0 Å². The number of phosphoric acid groups is 1. The Labute approximate surface area is 270 Å². The van der Waals surface area contributed by atoms with Crippen LogP contribution in [0.3, 0.4) is 0 Å². The SMILES string of the molecule is C.CN([C@H]1COC2(CCN(C(=O)O[C@H](COP(=O)([O-])O)C(F)(F)F)CC2)C1)S(=O)(=O)c1ccc(F)cc1.[NH3+]CCCC[C@H]([NH3+])C(=O)O. The van der Waals surface area contributed by atoms with Gasteiger partial charge < -0.3 is 45.3 Å². The number of carbonyl (C=O) groups is 2. The molecule has 2 aliphatic rings. The van der Waals surface area contributed by atoms with Crippen LogP contribution in [-0.2, 0) is 33.4 Å². The Kier molecular flexibility index (Phi) is 16.2. The highest BCUT2D eigenvalue weighted by Gasteiger charge is 2.48. The maximum absolute atomic E-state index is 13.2. The van der Waals surface area contributed by atoms with Crippen LogP contribution in [0.1, 0.15) is 46.0 Å². The third kappa shape index (κ3) is 13.2. The van der Waals surface area contributed by atoms with Crippen LogP contribution in [0.5, 0.6) is 0 Å². The molecule has 0 saturated carbocycles. The number of piperidine rings is 1. The van der Waals surface area contributed by atoms with Crippen LogP contribution >= 0.6 is 7.82 Å². The molecule has 0 bridgehead atoms. The van der Waals surface area contributed by atoms with E-state index in [2.05, 4.69) is 20.7 Å². The lowest BCUT2D eigenvalue weighted by Gasteiger charge is -2.38. The molecule has 4 atom stereocenters. The largest absolute Gasteiger partial charge is 0.756 e. The molecular formula is C26H44F4N4O11PS+. The Morgan fingerprint density at radius 1 is 1.23 bits per heavy atom. The molecule has 1 aromatic rings. The first-order valence-corrected chi connectivity index (χ1v) is 17.1. The molecule has 1 spiro atoms. The van der Waals surface area contributed by atoms with Gasteiger partial charge in [-0.25, -0.2) is 22.4 Å². The molecule has 272 valence electrons. The second kappa shape index (κ2) is 17.8. The number of carboxylic acids is 1. The lowest BCUT2D eigenvalue weighted by Crippen LogP contribution is -2.64. The normalized spacial score (nSPS) is 20.4. The van der Waals surface area contributed by atoms with Gasteiger partial charge in [0.1, 0.15) is 12.4 Å². The van der Waals surface area contributed by atoms with Gasteiger partial charge in [0.25, 0.3) is 7.82 Å². The van der Waals surface area contributed by atoms with Crippen LogP contribution in [0, 0.1) is 5.82 Å². The monoisotopic (exact) mass is 727 g/mol. The van der Waals surface area contributed by atoms with E-state index in [0.717, 1.165) is 52.9 Å². The molecule has 21 heteroatoms. The molecule has 2 fully saturated rings. The lowest BCUT2D eigenvalue weighted by atomic mass is 9.87. The predicted octanol–water partition coefficient (Wildman–Crippen LogP) is 0.344. The number of phosphoric ester groups is 1. The van der Waals surface area contributed by atoms with E-state index in [1.807, 2.05) is 0 Å². The third-order valence-electron chi connectivity index (χ3n) is 7.53. The molecule has 0 aromatic heterocycles. The van der Waals surface area contributed by atoms with Gasteiger partial charge in [-0.2, -0.15) is 17.5 Å². The molecule has 47 heavy (non-hydrogen) atoms. The Morgan fingerprint density at radius 3 is 2.30 bits per heavy atom. The number of carboxylic acid groups (broad SMARTS) is 1. The minimum absolute atomic E-state index is 0. The fourth-order valence-corrected chi connectivity index (χ4v) is 6.38. The van der Waals surface area contributed by atoms with E-state index in [4.69, 9.17) is 14.7 Å². The van der Waals surface area contributed by atoms with Crippen molar-refractivity contribution in [3.8, 4) is 0 Å². The number of sulfonamides is 1. The summed E-state index contributed by atoms with van der Waals surface area (Å²) in [5.74, 6) is -1.39. The average Bonchev–Trinajstić information content (AvgIpc) is 3.37. The Hall–Kier alpha value is -2.42. The number of hydrogen-bond acceptors (Lipinski definition) is 9. The number of rotatable bonds is 12. The number of likely N-dealkylation sites (tertiary alicyclic amines) is 1. The number of ether oxygens (including phenoxy) is 2. The standard InChI is InChI=1S/C19H25F4N2O9PS.C6H14N2O2.CH4/c1-24(36(30,31)15-4-2-13(20)3-5-15)14-10-18(32-11-14)6-8-25(9-7-18)17(26)34-16(19(21,22)23)12-33-35(27,28)29;7-4-2-1-3-5(8)6(9)10;/h2-5,14,16H,6-12H2,1H3,(H2,27,28,29);5H,1-4,7-8H2,(H,9,10);1H4/p+1/t14-,16-;5-;/m10./s1. The first kappa shape index (κ1) is 42.6. The number of carbonyl (C=O) groups excluding carboxylic acids is 1. The van der Waals surface area contributed by atoms with E-state index >= 15 is 0 Å². The van der Waals surface area contributed by atoms with E-state index in [0.29, 0.717) is 6.42 Å². The summed E-state index contributed by atoms with van der Waals surface area (Å²) in [6.45, 7) is -0.835. The topological polar surface area (TPSA) is 238 Å². The van der Waals surface area contributed by atoms with Gasteiger partial charge in [0, 0.05) is 26.6 Å². The van der Waals surface area contributed by atoms with Gasteiger partial charge in [-0.1, -0.05) is 7.43 Å². The molecule has 15 nitrogen and oxygen atoms in total. The van der Waals surface area contributed by atoms with E-state index in [1.165, 1.54) is 7.05 Å². The summed E-state index contributed by atoms with van der Waals surface area (Å²) in [5.41, 5.74) is 6.34. The summed E-state index contributed by atoms with van der Waals surface area (Å²) in [6, 6.07) is 3.35. The van der Waals surface area contributed by atoms with Gasteiger partial charge in [0.05, 0.1) is 29.7 Å². The number of unbranched alkanes of at least 4 members (excludes halogenated alkanes) is 1. The quantitative estimate of drug-likeness (QED) is 0.130. The van der Waals surface area contributed by atoms with Crippen molar-refractivity contribution in [2.24, 2.45) is 0 Å². The number of quaternary nitrogens is 2. The number of halogens is 4. The first-order chi connectivity index (χ1) is 21.2. The highest BCUT2D eigenvalue weighted by atomic mass is 32.2. The zero-order chi connectivity index (χ0) is 34.9. The second-order valence-electron chi connectivity index (χ2n) is 10.9. The van der Waals surface area contributed by atoms with Crippen LogP contribution in [0.4, 0.5) is 22.4 Å². The molecule has 1 aromatic carbocycles. The summed E-state index contributed by atoms with van der Waals surface area (Å²) in [6.07, 6.45) is -6.21. The molecule has 0 radical (unpaired) electrons. The van der Waals surface area contributed by atoms with Crippen LogP contribution in [0.15, 0.2) is 29.2 Å². The minimum Gasteiger partial charge on any atom is -0.756 e. The van der Waals surface area contributed by atoms with Gasteiger partial charge in [-0.05, 0) is 56.4 Å². The fraction of sp³-hybridized carbons (Fsp3) is 0.692. The molecule has 3 rings (SSSR count). The average molecular weight is 728 g/mol. The van der Waals surface area contributed by atoms with Crippen molar-refractivity contribution in [1.29, 1.82) is 0 Å². The molecule has 8 N–H and O–H groups in total. The van der Waals surface area contributed by atoms with Crippen LogP contribution in [0.25, 0.3) is 0 Å². The molecule has 2 saturated heterocycles. The number of nitrogens with zero attached hydrogens (tertiary/aromatic N) is 2. The molecule has 2 aliphatic heterocycles. The van der Waals surface area contributed by atoms with Crippen molar-refractivity contribution in [2.75, 3.05) is 39.9 Å². The van der Waals surface area contributed by atoms with Crippen molar-refractivity contribution in [2.45, 2.75) is 80.8 Å². The van der Waals surface area contributed by atoms with Crippen molar-refractivity contribution < 1.29 is 80.5 Å². The van der Waals surface area contributed by atoms with Gasteiger partial charge in [-0.3, -0.25) is 4.57 Å². The Morgan fingerprint density at radius 2 is 1.81 bits per heavy atom. The zero-order valence-corrected chi connectivity index (χ0v) is 26.8. The lowest BCUT2D eigenvalue weighted by molar-refractivity contribution is -0.410. The maximum atomic E-state index is 13.2. The summed E-state index contributed by atoms with van der Waals surface area (Å²) < 4.78 is 104. The van der Waals surface area contributed by atoms with Gasteiger partial charge in [0.15, 0.2) is 6.04 Å². The number of likely N-dealkylation sites (N-methyl/N-ethyl adjacent to an activating group) is 1. The number of aliphatic carboxylic acids is 1. The Bertz CT molecular complexity index is 1310. The zero-order valence-electron chi connectivity index (χ0n) is 25.1. The van der Waals surface area contributed by atoms with Gasteiger partial charge in [0.2, 0.25) is 16.1 Å². The predicted molar refractivity (Wildman–Crippen MR) is 154 cm³/mol. The summed E-state index contributed by atoms with van der Waals surface area (Å²) in [4.78, 5) is 42.5. The van der Waals surface area contributed by atoms with Gasteiger partial charge in [-0.15, -0.1) is 0 Å². The number of alkyl halides is 3. The van der Waals surface area contributed by atoms with Crippen LogP contribution in [0.2, 0.25) is 0 Å². The van der Waals surface area contributed by atoms with Crippen molar-refractivity contribution in [1.82, 2.24) is 9.21 Å². The molecule has 1 amide bonds. The molecule has 1 unspecified atom stereocenters. The van der Waals surface area contributed by atoms with Gasteiger partial charge >= 0.3 is 18.2 Å². The number of benzene rings is 1.